The van der Waals surface area contributed by atoms with Crippen LogP contribution in [0.1, 0.15) is 24.2 Å². The van der Waals surface area contributed by atoms with Crippen LogP contribution < -0.4 is 5.32 Å². The summed E-state index contributed by atoms with van der Waals surface area (Å²) in [5.41, 5.74) is 2.14. The van der Waals surface area contributed by atoms with Crippen molar-refractivity contribution in [1.29, 1.82) is 0 Å². The third-order valence-corrected chi connectivity index (χ3v) is 4.36. The fourth-order valence-corrected chi connectivity index (χ4v) is 2.67. The predicted molar refractivity (Wildman–Crippen MR) is 70.9 cm³/mol. The molecule has 0 bridgehead atoms. The number of halogens is 1. The van der Waals surface area contributed by atoms with Gasteiger partial charge in [-0.2, -0.15) is 5.10 Å². The van der Waals surface area contributed by atoms with Gasteiger partial charge in [0.25, 0.3) is 0 Å². The second-order valence-electron chi connectivity index (χ2n) is 4.67. The molecule has 1 aromatic heterocycles. The molecule has 0 aliphatic carbocycles. The van der Waals surface area contributed by atoms with Crippen LogP contribution in [0.15, 0.2) is 4.47 Å². The predicted octanol–water partition coefficient (Wildman–Crippen LogP) is 2.01. The molecule has 5 heteroatoms. The highest BCUT2D eigenvalue weighted by atomic mass is 79.9. The molecule has 96 valence electrons. The first-order valence-corrected chi connectivity index (χ1v) is 6.94. The monoisotopic (exact) mass is 301 g/mol. The van der Waals surface area contributed by atoms with Crippen LogP contribution in [-0.2, 0) is 18.4 Å². The van der Waals surface area contributed by atoms with Gasteiger partial charge in [0.2, 0.25) is 0 Å². The molecule has 1 atom stereocenters. The number of hydrogen-bond donors (Lipinski definition) is 1. The summed E-state index contributed by atoms with van der Waals surface area (Å²) in [6.07, 6.45) is 2.44. The average Bonchev–Trinajstić information content (AvgIpc) is 2.87. The fourth-order valence-electron chi connectivity index (χ4n) is 2.22. The maximum atomic E-state index is 5.74. The van der Waals surface area contributed by atoms with Crippen molar-refractivity contribution in [2.75, 3.05) is 19.7 Å². The van der Waals surface area contributed by atoms with Crippen molar-refractivity contribution in [2.45, 2.75) is 26.4 Å². The van der Waals surface area contributed by atoms with Gasteiger partial charge < -0.3 is 10.1 Å². The molecule has 0 spiro atoms. The number of aryl methyl sites for hydroxylation is 2. The molecule has 0 radical (unpaired) electrons. The zero-order valence-electron chi connectivity index (χ0n) is 10.5. The molecule has 2 rings (SSSR count). The Morgan fingerprint density at radius 3 is 3.00 bits per heavy atom. The van der Waals surface area contributed by atoms with E-state index in [2.05, 4.69) is 26.3 Å². The summed E-state index contributed by atoms with van der Waals surface area (Å²) >= 11 is 3.55. The topological polar surface area (TPSA) is 39.1 Å². The number of nitrogens with zero attached hydrogens (tertiary/aromatic N) is 2. The molecule has 1 unspecified atom stereocenters. The van der Waals surface area contributed by atoms with Crippen LogP contribution in [0.2, 0.25) is 0 Å². The summed E-state index contributed by atoms with van der Waals surface area (Å²) in [6.45, 7) is 5.79. The Morgan fingerprint density at radius 2 is 2.41 bits per heavy atom. The third-order valence-electron chi connectivity index (χ3n) is 3.33. The summed E-state index contributed by atoms with van der Waals surface area (Å²) in [5.74, 6) is 0.798. The number of rotatable bonds is 5. The quantitative estimate of drug-likeness (QED) is 0.846. The van der Waals surface area contributed by atoms with Crippen molar-refractivity contribution in [1.82, 2.24) is 15.1 Å². The smallest absolute Gasteiger partial charge is 0.0896 e. The number of nitrogens with one attached hydrogen (secondary N) is 1. The Morgan fingerprint density at radius 1 is 1.59 bits per heavy atom. The second-order valence-corrected chi connectivity index (χ2v) is 5.46. The molecule has 1 aliphatic heterocycles. The van der Waals surface area contributed by atoms with E-state index in [1.54, 1.807) is 0 Å². The third kappa shape index (κ3) is 3.30. The number of hydrogen-bond acceptors (Lipinski definition) is 3. The SMILES string of the molecule is Cc1nn(C)c(COCCC2CCNC2)c1Br. The van der Waals surface area contributed by atoms with Gasteiger partial charge >= 0.3 is 0 Å². The van der Waals surface area contributed by atoms with Crippen molar-refractivity contribution < 1.29 is 4.74 Å². The van der Waals surface area contributed by atoms with Gasteiger partial charge in [-0.05, 0) is 54.7 Å². The lowest BCUT2D eigenvalue weighted by Gasteiger charge is -2.09. The minimum Gasteiger partial charge on any atom is -0.375 e. The van der Waals surface area contributed by atoms with Gasteiger partial charge in [0.05, 0.1) is 22.5 Å². The molecule has 1 saturated heterocycles. The minimum atomic E-state index is 0.637. The summed E-state index contributed by atoms with van der Waals surface area (Å²) in [4.78, 5) is 0. The van der Waals surface area contributed by atoms with E-state index in [-0.39, 0.29) is 0 Å². The molecule has 4 nitrogen and oxygen atoms in total. The number of aromatic nitrogens is 2. The maximum absolute atomic E-state index is 5.74. The Balaban J connectivity index is 1.74. The summed E-state index contributed by atoms with van der Waals surface area (Å²) in [5, 5.41) is 7.72. The lowest BCUT2D eigenvalue weighted by Crippen LogP contribution is -2.11. The van der Waals surface area contributed by atoms with Crippen molar-refractivity contribution >= 4 is 15.9 Å². The van der Waals surface area contributed by atoms with Crippen molar-refractivity contribution in [3.63, 3.8) is 0 Å². The highest BCUT2D eigenvalue weighted by Gasteiger charge is 2.14. The lowest BCUT2D eigenvalue weighted by atomic mass is 10.1. The Bertz CT molecular complexity index is 372. The molecule has 0 amide bonds. The molecule has 1 aliphatic rings. The lowest BCUT2D eigenvalue weighted by molar-refractivity contribution is 0.104. The first kappa shape index (κ1) is 13.1. The van der Waals surface area contributed by atoms with E-state index < -0.39 is 0 Å². The summed E-state index contributed by atoms with van der Waals surface area (Å²) < 4.78 is 8.70. The van der Waals surface area contributed by atoms with E-state index in [4.69, 9.17) is 4.74 Å². The first-order chi connectivity index (χ1) is 8.18. The molecular weight excluding hydrogens is 282 g/mol. The fraction of sp³-hybridized carbons (Fsp3) is 0.750. The van der Waals surface area contributed by atoms with Crippen molar-refractivity contribution in [3.8, 4) is 0 Å². The molecule has 1 N–H and O–H groups in total. The van der Waals surface area contributed by atoms with Crippen LogP contribution in [0, 0.1) is 12.8 Å². The largest absolute Gasteiger partial charge is 0.375 e. The number of ether oxygens (including phenoxy) is 1. The summed E-state index contributed by atoms with van der Waals surface area (Å²) in [6, 6.07) is 0. The molecule has 0 aromatic carbocycles. The van der Waals surface area contributed by atoms with Crippen LogP contribution in [-0.4, -0.2) is 29.5 Å². The molecule has 1 fully saturated rings. The van der Waals surface area contributed by atoms with Gasteiger partial charge in [-0.15, -0.1) is 0 Å². The van der Waals surface area contributed by atoms with Gasteiger partial charge in [0.1, 0.15) is 0 Å². The normalized spacial score (nSPS) is 20.1. The van der Waals surface area contributed by atoms with E-state index in [1.807, 2.05) is 18.7 Å². The van der Waals surface area contributed by atoms with Crippen LogP contribution >= 0.6 is 15.9 Å². The standard InChI is InChI=1S/C12H20BrN3O/c1-9-12(13)11(16(2)15-9)8-17-6-4-10-3-5-14-7-10/h10,14H,3-8H2,1-2H3. The minimum absolute atomic E-state index is 0.637. The van der Waals surface area contributed by atoms with E-state index in [0.29, 0.717) is 6.61 Å². The van der Waals surface area contributed by atoms with Crippen LogP contribution in [0.3, 0.4) is 0 Å². The van der Waals surface area contributed by atoms with Gasteiger partial charge in [-0.3, -0.25) is 4.68 Å². The zero-order chi connectivity index (χ0) is 12.3. The van der Waals surface area contributed by atoms with E-state index in [1.165, 1.54) is 6.42 Å². The van der Waals surface area contributed by atoms with Crippen molar-refractivity contribution in [2.24, 2.45) is 13.0 Å². The molecular formula is C12H20BrN3O. The summed E-state index contributed by atoms with van der Waals surface area (Å²) in [7, 11) is 1.96. The van der Waals surface area contributed by atoms with Crippen LogP contribution in [0.5, 0.6) is 0 Å². The Kier molecular flexibility index (Phi) is 4.59. The second kappa shape index (κ2) is 5.98. The van der Waals surface area contributed by atoms with Gasteiger partial charge in [0, 0.05) is 13.7 Å². The Hall–Kier alpha value is -0.390. The first-order valence-electron chi connectivity index (χ1n) is 6.15. The maximum Gasteiger partial charge on any atom is 0.0896 e. The average molecular weight is 302 g/mol. The van der Waals surface area contributed by atoms with Crippen LogP contribution in [0.25, 0.3) is 0 Å². The Labute approximate surface area is 111 Å². The van der Waals surface area contributed by atoms with Gasteiger partial charge in [-0.25, -0.2) is 0 Å². The van der Waals surface area contributed by atoms with Gasteiger partial charge in [0.15, 0.2) is 0 Å². The molecule has 2 heterocycles. The van der Waals surface area contributed by atoms with E-state index in [9.17, 15) is 0 Å². The highest BCUT2D eigenvalue weighted by molar-refractivity contribution is 9.10. The molecule has 1 aromatic rings. The molecule has 17 heavy (non-hydrogen) atoms. The molecule has 0 saturated carbocycles. The van der Waals surface area contributed by atoms with Gasteiger partial charge in [-0.1, -0.05) is 0 Å². The zero-order valence-corrected chi connectivity index (χ0v) is 12.1. The van der Waals surface area contributed by atoms with Crippen molar-refractivity contribution in [3.05, 3.63) is 15.9 Å². The van der Waals surface area contributed by atoms with E-state index >= 15 is 0 Å². The highest BCUT2D eigenvalue weighted by Crippen LogP contribution is 2.21. The van der Waals surface area contributed by atoms with E-state index in [0.717, 1.165) is 47.9 Å². The van der Waals surface area contributed by atoms with Crippen LogP contribution in [0.4, 0.5) is 0 Å².